The number of rotatable bonds is 2. The van der Waals surface area contributed by atoms with E-state index in [1.165, 1.54) is 4.90 Å². The fourth-order valence-electron chi connectivity index (χ4n) is 4.19. The molecule has 5 rings (SSSR count). The Bertz CT molecular complexity index is 692. The van der Waals surface area contributed by atoms with Crippen LogP contribution in [0.25, 0.3) is 0 Å². The molecule has 0 aromatic heterocycles. The van der Waals surface area contributed by atoms with Gasteiger partial charge in [-0.3, -0.25) is 14.4 Å². The van der Waals surface area contributed by atoms with Crippen LogP contribution < -0.4 is 10.6 Å². The van der Waals surface area contributed by atoms with E-state index in [1.54, 1.807) is 24.3 Å². The second-order valence-electron chi connectivity index (χ2n) is 6.23. The summed E-state index contributed by atoms with van der Waals surface area (Å²) in [6, 6.07) is 6.54. The SMILES string of the molecule is NC(=O)c1ccccc1N1C(=O)C2C3C=CC(CC3)C2C1=O. The number of allylic oxidation sites excluding steroid dienone is 2. The van der Waals surface area contributed by atoms with Crippen molar-refractivity contribution in [3.05, 3.63) is 42.0 Å². The third-order valence-corrected chi connectivity index (χ3v) is 5.17. The normalized spacial score (nSPS) is 32.5. The smallest absolute Gasteiger partial charge is 0.250 e. The molecule has 2 fully saturated rings. The van der Waals surface area contributed by atoms with Gasteiger partial charge in [0.15, 0.2) is 0 Å². The van der Waals surface area contributed by atoms with Crippen LogP contribution in [0.3, 0.4) is 0 Å². The summed E-state index contributed by atoms with van der Waals surface area (Å²) in [5, 5.41) is 0. The van der Waals surface area contributed by atoms with Crippen LogP contribution in [0.15, 0.2) is 36.4 Å². The molecule has 4 aliphatic rings. The van der Waals surface area contributed by atoms with Crippen LogP contribution in [-0.2, 0) is 9.59 Å². The summed E-state index contributed by atoms with van der Waals surface area (Å²) in [5.41, 5.74) is 5.92. The van der Waals surface area contributed by atoms with E-state index in [2.05, 4.69) is 12.2 Å². The molecule has 112 valence electrons. The molecule has 4 unspecified atom stereocenters. The van der Waals surface area contributed by atoms with Crippen molar-refractivity contribution in [3.63, 3.8) is 0 Å². The molecule has 2 bridgehead atoms. The third-order valence-electron chi connectivity index (χ3n) is 5.17. The number of carbonyl (C=O) groups is 3. The van der Waals surface area contributed by atoms with Gasteiger partial charge in [-0.05, 0) is 36.8 Å². The van der Waals surface area contributed by atoms with Crippen LogP contribution in [0, 0.1) is 23.7 Å². The number of primary amides is 1. The predicted octanol–water partition coefficient (Wildman–Crippen LogP) is 1.49. The second-order valence-corrected chi connectivity index (χ2v) is 6.23. The zero-order valence-corrected chi connectivity index (χ0v) is 11.9. The summed E-state index contributed by atoms with van der Waals surface area (Å²) in [7, 11) is 0. The van der Waals surface area contributed by atoms with E-state index in [1.807, 2.05) is 0 Å². The Morgan fingerprint density at radius 2 is 1.55 bits per heavy atom. The number of fused-ring (bicyclic) bond motifs is 1. The summed E-state index contributed by atoms with van der Waals surface area (Å²) >= 11 is 0. The van der Waals surface area contributed by atoms with E-state index < -0.39 is 5.91 Å². The summed E-state index contributed by atoms with van der Waals surface area (Å²) in [5.74, 6) is -1.30. The summed E-state index contributed by atoms with van der Waals surface area (Å²) in [6.45, 7) is 0. The van der Waals surface area contributed by atoms with Gasteiger partial charge in [0.2, 0.25) is 11.8 Å². The number of benzene rings is 1. The molecule has 2 N–H and O–H groups in total. The van der Waals surface area contributed by atoms with E-state index >= 15 is 0 Å². The first-order chi connectivity index (χ1) is 10.6. The Hall–Kier alpha value is -2.43. The monoisotopic (exact) mass is 296 g/mol. The third kappa shape index (κ3) is 1.62. The van der Waals surface area contributed by atoms with Crippen molar-refractivity contribution >= 4 is 23.4 Å². The van der Waals surface area contributed by atoms with E-state index in [0.29, 0.717) is 5.69 Å². The van der Waals surface area contributed by atoms with E-state index in [-0.39, 0.29) is 41.0 Å². The van der Waals surface area contributed by atoms with Crippen LogP contribution in [0.4, 0.5) is 5.69 Å². The molecule has 5 heteroatoms. The minimum Gasteiger partial charge on any atom is -0.366 e. The van der Waals surface area contributed by atoms with Gasteiger partial charge in [0, 0.05) is 0 Å². The maximum atomic E-state index is 12.8. The maximum Gasteiger partial charge on any atom is 0.250 e. The first-order valence-corrected chi connectivity index (χ1v) is 7.54. The van der Waals surface area contributed by atoms with Crippen LogP contribution in [0.2, 0.25) is 0 Å². The van der Waals surface area contributed by atoms with Gasteiger partial charge in [0.05, 0.1) is 23.1 Å². The molecule has 3 aliphatic carbocycles. The standard InChI is InChI=1S/C17H16N2O3/c18-15(20)11-3-1-2-4-12(11)19-16(21)13-9-5-6-10(8-7-9)14(13)17(19)22/h1-6,9-10,13-14H,7-8H2,(H2,18,20). The fourth-order valence-corrected chi connectivity index (χ4v) is 4.19. The quantitative estimate of drug-likeness (QED) is 0.663. The number of hydrogen-bond acceptors (Lipinski definition) is 3. The Labute approximate surface area is 127 Å². The molecule has 1 aliphatic heterocycles. The molecule has 0 radical (unpaired) electrons. The molecule has 1 saturated carbocycles. The molecule has 5 nitrogen and oxygen atoms in total. The number of imide groups is 1. The number of para-hydroxylation sites is 1. The van der Waals surface area contributed by atoms with Gasteiger partial charge in [0.1, 0.15) is 0 Å². The van der Waals surface area contributed by atoms with Gasteiger partial charge in [-0.15, -0.1) is 0 Å². The number of nitrogens with zero attached hydrogens (tertiary/aromatic N) is 1. The Kier molecular flexibility index (Phi) is 2.73. The Morgan fingerprint density at radius 3 is 2.05 bits per heavy atom. The van der Waals surface area contributed by atoms with Crippen molar-refractivity contribution in [1.82, 2.24) is 0 Å². The molecule has 1 aromatic rings. The predicted molar refractivity (Wildman–Crippen MR) is 79.8 cm³/mol. The molecule has 22 heavy (non-hydrogen) atoms. The molecule has 1 saturated heterocycles. The number of anilines is 1. The summed E-state index contributed by atoms with van der Waals surface area (Å²) in [6.07, 6.45) is 6.05. The van der Waals surface area contributed by atoms with E-state index in [4.69, 9.17) is 5.73 Å². The average Bonchev–Trinajstić information content (AvgIpc) is 2.82. The lowest BCUT2D eigenvalue weighted by Gasteiger charge is -2.38. The molecule has 3 amide bonds. The number of carbonyl (C=O) groups excluding carboxylic acids is 3. The number of amides is 3. The molecule has 4 atom stereocenters. The topological polar surface area (TPSA) is 80.5 Å². The van der Waals surface area contributed by atoms with E-state index in [0.717, 1.165) is 12.8 Å². The van der Waals surface area contributed by atoms with Gasteiger partial charge < -0.3 is 5.73 Å². The van der Waals surface area contributed by atoms with Crippen molar-refractivity contribution in [2.24, 2.45) is 29.4 Å². The van der Waals surface area contributed by atoms with Gasteiger partial charge in [-0.25, -0.2) is 4.90 Å². The molecule has 0 spiro atoms. The van der Waals surface area contributed by atoms with Crippen molar-refractivity contribution in [3.8, 4) is 0 Å². The lowest BCUT2D eigenvalue weighted by Crippen LogP contribution is -2.38. The van der Waals surface area contributed by atoms with Gasteiger partial charge in [0.25, 0.3) is 5.91 Å². The van der Waals surface area contributed by atoms with E-state index in [9.17, 15) is 14.4 Å². The Morgan fingerprint density at radius 1 is 1.00 bits per heavy atom. The second kappa shape index (κ2) is 4.53. The Balaban J connectivity index is 1.81. The fraction of sp³-hybridized carbons (Fsp3) is 0.353. The zero-order chi connectivity index (χ0) is 15.4. The number of hydrogen-bond donors (Lipinski definition) is 1. The van der Waals surface area contributed by atoms with Crippen LogP contribution >= 0.6 is 0 Å². The minimum absolute atomic E-state index is 0.136. The highest BCUT2D eigenvalue weighted by Crippen LogP contribution is 2.50. The minimum atomic E-state index is -0.632. The summed E-state index contributed by atoms with van der Waals surface area (Å²) < 4.78 is 0. The molecule has 1 heterocycles. The summed E-state index contributed by atoms with van der Waals surface area (Å²) in [4.78, 5) is 38.5. The maximum absolute atomic E-state index is 12.8. The molecular weight excluding hydrogens is 280 g/mol. The molecular formula is C17H16N2O3. The average molecular weight is 296 g/mol. The highest BCUT2D eigenvalue weighted by Gasteiger charge is 2.57. The first-order valence-electron chi connectivity index (χ1n) is 7.54. The van der Waals surface area contributed by atoms with Gasteiger partial charge >= 0.3 is 0 Å². The zero-order valence-electron chi connectivity index (χ0n) is 11.9. The molecule has 1 aromatic carbocycles. The van der Waals surface area contributed by atoms with Crippen LogP contribution in [0.5, 0.6) is 0 Å². The van der Waals surface area contributed by atoms with Crippen molar-refractivity contribution in [2.75, 3.05) is 4.90 Å². The highest BCUT2D eigenvalue weighted by atomic mass is 16.2. The lowest BCUT2D eigenvalue weighted by atomic mass is 9.63. The van der Waals surface area contributed by atoms with Crippen molar-refractivity contribution < 1.29 is 14.4 Å². The highest BCUT2D eigenvalue weighted by molar-refractivity contribution is 6.24. The van der Waals surface area contributed by atoms with Gasteiger partial charge in [-0.1, -0.05) is 24.3 Å². The van der Waals surface area contributed by atoms with Gasteiger partial charge in [-0.2, -0.15) is 0 Å². The number of nitrogens with two attached hydrogens (primary N) is 1. The van der Waals surface area contributed by atoms with Crippen molar-refractivity contribution in [1.29, 1.82) is 0 Å². The largest absolute Gasteiger partial charge is 0.366 e. The van der Waals surface area contributed by atoms with Crippen LogP contribution in [0.1, 0.15) is 23.2 Å². The van der Waals surface area contributed by atoms with Crippen LogP contribution in [-0.4, -0.2) is 17.7 Å². The van der Waals surface area contributed by atoms with Crippen molar-refractivity contribution in [2.45, 2.75) is 12.8 Å². The lowest BCUT2D eigenvalue weighted by molar-refractivity contribution is -0.124. The first kappa shape index (κ1) is 13.2.